The Bertz CT molecular complexity index is 1300. The van der Waals surface area contributed by atoms with Crippen LogP contribution in [0, 0.1) is 6.92 Å². The number of aromatic nitrogens is 1. The molecule has 0 spiro atoms. The van der Waals surface area contributed by atoms with E-state index in [0.29, 0.717) is 10.5 Å². The number of nitrogens with zero attached hydrogens (tertiary/aromatic N) is 3. The van der Waals surface area contributed by atoms with Crippen molar-refractivity contribution in [2.75, 3.05) is 11.5 Å². The van der Waals surface area contributed by atoms with Crippen LogP contribution in [0.4, 0.5) is 5.69 Å². The molecule has 4 rings (SSSR count). The molecule has 3 amide bonds. The minimum absolute atomic E-state index is 0.0696. The zero-order chi connectivity index (χ0) is 22.8. The Morgan fingerprint density at radius 1 is 1.09 bits per heavy atom. The maximum absolute atomic E-state index is 13.0. The van der Waals surface area contributed by atoms with Crippen LogP contribution in [0.1, 0.15) is 35.7 Å². The first-order chi connectivity index (χ1) is 15.4. The van der Waals surface area contributed by atoms with Gasteiger partial charge >= 0.3 is 5.97 Å². The van der Waals surface area contributed by atoms with Crippen LogP contribution < -0.4 is 9.70 Å². The van der Waals surface area contributed by atoms with Crippen LogP contribution in [0.5, 0.6) is 0 Å². The van der Waals surface area contributed by atoms with Crippen molar-refractivity contribution in [1.29, 1.82) is 0 Å². The van der Waals surface area contributed by atoms with Crippen molar-refractivity contribution >= 4 is 50.9 Å². The van der Waals surface area contributed by atoms with Crippen LogP contribution in [-0.4, -0.2) is 34.9 Å². The quantitative estimate of drug-likeness (QED) is 0.439. The fraction of sp³-hybridized carbons (Fsp3) is 0.261. The van der Waals surface area contributed by atoms with Gasteiger partial charge in [-0.3, -0.25) is 24.1 Å². The standard InChI is InChI=1S/C23H21N3O5S/c1-3-31-21(29)13-25-17-8-7-14(2)11-18(17)32-23(25)24-22(30)15-5-4-6-16(12-15)26-19(27)9-10-20(26)28/h4-8,11-12H,3,9-10,13H2,1-2H3. The number of carbonyl (C=O) groups is 4. The van der Waals surface area contributed by atoms with Gasteiger partial charge in [0.15, 0.2) is 4.80 Å². The number of aryl methyl sites for hydroxylation is 1. The number of carbonyl (C=O) groups excluding carboxylic acids is 4. The Morgan fingerprint density at radius 2 is 1.84 bits per heavy atom. The second-order valence-electron chi connectivity index (χ2n) is 7.34. The lowest BCUT2D eigenvalue weighted by Crippen LogP contribution is -2.28. The Labute approximate surface area is 187 Å². The summed E-state index contributed by atoms with van der Waals surface area (Å²) in [6.45, 7) is 3.88. The molecular formula is C23H21N3O5S. The summed E-state index contributed by atoms with van der Waals surface area (Å²) in [5.41, 5.74) is 2.42. The van der Waals surface area contributed by atoms with Gasteiger partial charge in [-0.2, -0.15) is 4.99 Å². The number of ether oxygens (including phenoxy) is 1. The Kier molecular flexibility index (Phi) is 6.00. The predicted octanol–water partition coefficient (Wildman–Crippen LogP) is 2.97. The summed E-state index contributed by atoms with van der Waals surface area (Å²) in [4.78, 5) is 54.9. The minimum Gasteiger partial charge on any atom is -0.465 e. The first-order valence-corrected chi connectivity index (χ1v) is 11.0. The van der Waals surface area contributed by atoms with Crippen LogP contribution in [0.3, 0.4) is 0 Å². The summed E-state index contributed by atoms with van der Waals surface area (Å²) in [6, 6.07) is 12.1. The summed E-state index contributed by atoms with van der Waals surface area (Å²) < 4.78 is 7.63. The van der Waals surface area contributed by atoms with E-state index in [2.05, 4.69) is 4.99 Å². The van der Waals surface area contributed by atoms with Crippen molar-refractivity contribution in [2.24, 2.45) is 4.99 Å². The zero-order valence-corrected chi connectivity index (χ0v) is 18.5. The van der Waals surface area contributed by atoms with Gasteiger partial charge in [0.05, 0.1) is 22.5 Å². The fourth-order valence-electron chi connectivity index (χ4n) is 3.55. The molecule has 0 aliphatic carbocycles. The first-order valence-electron chi connectivity index (χ1n) is 10.2. The molecular weight excluding hydrogens is 430 g/mol. The number of imide groups is 1. The van der Waals surface area contributed by atoms with Gasteiger partial charge in [0, 0.05) is 18.4 Å². The van der Waals surface area contributed by atoms with Crippen LogP contribution in [0.2, 0.25) is 0 Å². The van der Waals surface area contributed by atoms with Gasteiger partial charge in [0.25, 0.3) is 5.91 Å². The SMILES string of the molecule is CCOC(=O)Cn1c(=NC(=O)c2cccc(N3C(=O)CCC3=O)c2)sc2cc(C)ccc21. The first kappa shape index (κ1) is 21.6. The molecule has 0 unspecified atom stereocenters. The maximum Gasteiger partial charge on any atom is 0.326 e. The van der Waals surface area contributed by atoms with Crippen molar-refractivity contribution < 1.29 is 23.9 Å². The molecule has 0 bridgehead atoms. The molecule has 1 fully saturated rings. The molecule has 1 saturated heterocycles. The van der Waals surface area contributed by atoms with Gasteiger partial charge < -0.3 is 9.30 Å². The molecule has 2 heterocycles. The third-order valence-corrected chi connectivity index (χ3v) is 6.07. The van der Waals surface area contributed by atoms with Gasteiger partial charge in [0.1, 0.15) is 6.54 Å². The van der Waals surface area contributed by atoms with E-state index in [1.807, 2.05) is 25.1 Å². The lowest BCUT2D eigenvalue weighted by atomic mass is 10.2. The van der Waals surface area contributed by atoms with E-state index in [9.17, 15) is 19.2 Å². The van der Waals surface area contributed by atoms with E-state index in [1.165, 1.54) is 17.4 Å². The number of benzene rings is 2. The lowest BCUT2D eigenvalue weighted by molar-refractivity contribution is -0.143. The summed E-state index contributed by atoms with van der Waals surface area (Å²) in [5, 5.41) is 0. The average Bonchev–Trinajstić information content (AvgIpc) is 3.26. The fourth-order valence-corrected chi connectivity index (χ4v) is 4.67. The summed E-state index contributed by atoms with van der Waals surface area (Å²) in [5.74, 6) is -1.53. The van der Waals surface area contributed by atoms with E-state index in [0.717, 1.165) is 20.7 Å². The van der Waals surface area contributed by atoms with Gasteiger partial charge in [-0.25, -0.2) is 0 Å². The second-order valence-corrected chi connectivity index (χ2v) is 8.35. The molecule has 1 aliphatic heterocycles. The summed E-state index contributed by atoms with van der Waals surface area (Å²) in [7, 11) is 0. The third kappa shape index (κ3) is 4.24. The zero-order valence-electron chi connectivity index (χ0n) is 17.7. The van der Waals surface area contributed by atoms with Crippen molar-refractivity contribution in [2.45, 2.75) is 33.2 Å². The highest BCUT2D eigenvalue weighted by Crippen LogP contribution is 2.24. The highest BCUT2D eigenvalue weighted by atomic mass is 32.1. The molecule has 0 atom stereocenters. The number of anilines is 1. The molecule has 32 heavy (non-hydrogen) atoms. The molecule has 1 aliphatic rings. The highest BCUT2D eigenvalue weighted by molar-refractivity contribution is 7.16. The Hall–Kier alpha value is -3.59. The Morgan fingerprint density at radius 3 is 2.56 bits per heavy atom. The molecule has 1 aromatic heterocycles. The van der Waals surface area contributed by atoms with Gasteiger partial charge in [-0.05, 0) is 49.7 Å². The van der Waals surface area contributed by atoms with Crippen molar-refractivity contribution in [3.05, 3.63) is 58.4 Å². The number of amides is 3. The normalized spacial score (nSPS) is 14.4. The van der Waals surface area contributed by atoms with Crippen LogP contribution in [0.25, 0.3) is 10.2 Å². The number of thiazole rings is 1. The molecule has 0 radical (unpaired) electrons. The van der Waals surface area contributed by atoms with E-state index in [-0.39, 0.29) is 43.4 Å². The van der Waals surface area contributed by atoms with E-state index in [4.69, 9.17) is 4.74 Å². The molecule has 3 aromatic rings. The molecule has 2 aromatic carbocycles. The summed E-state index contributed by atoms with van der Waals surface area (Å²) in [6.07, 6.45) is 0.326. The smallest absolute Gasteiger partial charge is 0.326 e. The molecule has 9 heteroatoms. The molecule has 164 valence electrons. The largest absolute Gasteiger partial charge is 0.465 e. The number of rotatable bonds is 5. The minimum atomic E-state index is -0.535. The van der Waals surface area contributed by atoms with Gasteiger partial charge in [-0.1, -0.05) is 23.5 Å². The molecule has 0 saturated carbocycles. The lowest BCUT2D eigenvalue weighted by Gasteiger charge is -2.14. The molecule has 0 N–H and O–H groups in total. The predicted molar refractivity (Wildman–Crippen MR) is 119 cm³/mol. The van der Waals surface area contributed by atoms with Crippen molar-refractivity contribution in [3.63, 3.8) is 0 Å². The number of hydrogen-bond acceptors (Lipinski definition) is 6. The van der Waals surface area contributed by atoms with Crippen molar-refractivity contribution in [1.82, 2.24) is 4.57 Å². The highest BCUT2D eigenvalue weighted by Gasteiger charge is 2.30. The average molecular weight is 452 g/mol. The van der Waals surface area contributed by atoms with Gasteiger partial charge in [0.2, 0.25) is 11.8 Å². The Balaban J connectivity index is 1.75. The topological polar surface area (TPSA) is 98.0 Å². The van der Waals surface area contributed by atoms with E-state index in [1.54, 1.807) is 29.7 Å². The van der Waals surface area contributed by atoms with Crippen LogP contribution in [0.15, 0.2) is 47.5 Å². The van der Waals surface area contributed by atoms with Crippen LogP contribution in [-0.2, 0) is 25.7 Å². The maximum atomic E-state index is 13.0. The van der Waals surface area contributed by atoms with Crippen molar-refractivity contribution in [3.8, 4) is 0 Å². The van der Waals surface area contributed by atoms with E-state index < -0.39 is 11.9 Å². The molecule has 8 nitrogen and oxygen atoms in total. The number of esters is 1. The third-order valence-electron chi connectivity index (χ3n) is 5.03. The monoisotopic (exact) mass is 451 g/mol. The van der Waals surface area contributed by atoms with Crippen LogP contribution >= 0.6 is 11.3 Å². The number of hydrogen-bond donors (Lipinski definition) is 0. The number of fused-ring (bicyclic) bond motifs is 1. The van der Waals surface area contributed by atoms with E-state index >= 15 is 0 Å². The second kappa shape index (κ2) is 8.88. The summed E-state index contributed by atoms with van der Waals surface area (Å²) >= 11 is 1.30. The van der Waals surface area contributed by atoms with Gasteiger partial charge in [-0.15, -0.1) is 0 Å².